The summed E-state index contributed by atoms with van der Waals surface area (Å²) in [5.41, 5.74) is 1.65. The summed E-state index contributed by atoms with van der Waals surface area (Å²) in [6, 6.07) is 15.0. The molecule has 1 N–H and O–H groups in total. The van der Waals surface area contributed by atoms with E-state index >= 15 is 0 Å². The minimum Gasteiger partial charge on any atom is -0.492 e. The number of aryl methyl sites for hydroxylation is 1. The molecule has 0 aliphatic heterocycles. The Balaban J connectivity index is 1.34. The van der Waals surface area contributed by atoms with Gasteiger partial charge in [-0.2, -0.15) is 5.10 Å². The topological polar surface area (TPSA) is 108 Å². The number of hydrogen-bond acceptors (Lipinski definition) is 6. The summed E-state index contributed by atoms with van der Waals surface area (Å²) in [6.45, 7) is 3.51. The number of aliphatic carboxylic acids is 1. The van der Waals surface area contributed by atoms with Gasteiger partial charge < -0.3 is 14.6 Å². The minimum absolute atomic E-state index is 0.0264. The van der Waals surface area contributed by atoms with Crippen molar-refractivity contribution >= 4 is 16.7 Å². The molecule has 0 unspecified atom stereocenters. The third-order valence-electron chi connectivity index (χ3n) is 5.29. The molecule has 0 saturated heterocycles. The van der Waals surface area contributed by atoms with E-state index in [4.69, 9.17) is 14.6 Å². The van der Waals surface area contributed by atoms with Crippen LogP contribution in [0.25, 0.3) is 10.8 Å². The standard InChI is InChI=1S/C25H26N4O5/c1-2-33-24-20(9-12-23(30)31)17-28(27-24)16-18-7-10-21(11-8-18)34-14-13-29-25(32)22-6-4-3-5-19(22)15-26-29/h3-8,10-11,15,17H,2,9,12-14,16H2,1H3,(H,30,31). The highest BCUT2D eigenvalue weighted by Crippen LogP contribution is 2.20. The fourth-order valence-corrected chi connectivity index (χ4v) is 3.61. The molecule has 0 atom stereocenters. The Kier molecular flexibility index (Phi) is 7.22. The fourth-order valence-electron chi connectivity index (χ4n) is 3.61. The van der Waals surface area contributed by atoms with Gasteiger partial charge in [0.15, 0.2) is 0 Å². The number of benzene rings is 2. The van der Waals surface area contributed by atoms with Gasteiger partial charge in [-0.15, -0.1) is 5.10 Å². The van der Waals surface area contributed by atoms with Gasteiger partial charge in [-0.1, -0.05) is 30.3 Å². The molecule has 34 heavy (non-hydrogen) atoms. The van der Waals surface area contributed by atoms with E-state index in [0.29, 0.717) is 49.7 Å². The molecule has 4 rings (SSSR count). The van der Waals surface area contributed by atoms with Crippen LogP contribution in [0.4, 0.5) is 0 Å². The van der Waals surface area contributed by atoms with Crippen molar-refractivity contribution in [2.75, 3.05) is 13.2 Å². The Labute approximate surface area is 196 Å². The number of carbonyl (C=O) groups is 1. The zero-order chi connectivity index (χ0) is 23.9. The van der Waals surface area contributed by atoms with Crippen molar-refractivity contribution in [2.24, 2.45) is 0 Å². The van der Waals surface area contributed by atoms with Crippen molar-refractivity contribution in [3.63, 3.8) is 0 Å². The maximum atomic E-state index is 12.5. The van der Waals surface area contributed by atoms with Crippen LogP contribution >= 0.6 is 0 Å². The molecule has 0 spiro atoms. The molecule has 2 heterocycles. The first-order valence-corrected chi connectivity index (χ1v) is 11.1. The lowest BCUT2D eigenvalue weighted by molar-refractivity contribution is -0.136. The number of carboxylic acid groups (broad SMARTS) is 1. The maximum absolute atomic E-state index is 12.5. The van der Waals surface area contributed by atoms with E-state index in [2.05, 4.69) is 10.2 Å². The predicted octanol–water partition coefficient (Wildman–Crippen LogP) is 3.14. The summed E-state index contributed by atoms with van der Waals surface area (Å²) in [5.74, 6) is 0.309. The van der Waals surface area contributed by atoms with Crippen molar-refractivity contribution in [3.05, 3.63) is 82.4 Å². The lowest BCUT2D eigenvalue weighted by atomic mass is 10.2. The van der Waals surface area contributed by atoms with Gasteiger partial charge in [-0.3, -0.25) is 14.3 Å². The van der Waals surface area contributed by atoms with Crippen LogP contribution in [0.3, 0.4) is 0 Å². The summed E-state index contributed by atoms with van der Waals surface area (Å²) in [7, 11) is 0. The summed E-state index contributed by atoms with van der Waals surface area (Å²) >= 11 is 0. The lowest BCUT2D eigenvalue weighted by Gasteiger charge is -2.09. The molecular formula is C25H26N4O5. The smallest absolute Gasteiger partial charge is 0.303 e. The molecule has 0 bridgehead atoms. The second-order valence-electron chi connectivity index (χ2n) is 7.74. The van der Waals surface area contributed by atoms with Gasteiger partial charge in [-0.05, 0) is 37.1 Å². The van der Waals surface area contributed by atoms with Crippen LogP contribution in [0.2, 0.25) is 0 Å². The molecule has 176 valence electrons. The number of carboxylic acids is 1. The van der Waals surface area contributed by atoms with E-state index in [9.17, 15) is 9.59 Å². The molecule has 4 aromatic rings. The van der Waals surface area contributed by atoms with E-state index in [1.165, 1.54) is 4.68 Å². The number of fused-ring (bicyclic) bond motifs is 1. The maximum Gasteiger partial charge on any atom is 0.303 e. The average Bonchev–Trinajstić information content (AvgIpc) is 3.21. The van der Waals surface area contributed by atoms with Crippen LogP contribution < -0.4 is 15.0 Å². The number of hydrogen-bond donors (Lipinski definition) is 1. The molecule has 0 radical (unpaired) electrons. The molecule has 0 aliphatic rings. The monoisotopic (exact) mass is 462 g/mol. The first kappa shape index (κ1) is 23.0. The quantitative estimate of drug-likeness (QED) is 0.365. The fraction of sp³-hybridized carbons (Fsp3) is 0.280. The van der Waals surface area contributed by atoms with Crippen molar-refractivity contribution in [1.82, 2.24) is 19.6 Å². The van der Waals surface area contributed by atoms with E-state index < -0.39 is 5.97 Å². The van der Waals surface area contributed by atoms with Crippen LogP contribution in [0.15, 0.2) is 65.7 Å². The lowest BCUT2D eigenvalue weighted by Crippen LogP contribution is -2.25. The summed E-state index contributed by atoms with van der Waals surface area (Å²) in [4.78, 5) is 23.4. The Morgan fingerprint density at radius 1 is 1.09 bits per heavy atom. The second kappa shape index (κ2) is 10.7. The predicted molar refractivity (Wildman–Crippen MR) is 126 cm³/mol. The van der Waals surface area contributed by atoms with Crippen LogP contribution in [0.1, 0.15) is 24.5 Å². The Hall–Kier alpha value is -4.14. The second-order valence-corrected chi connectivity index (χ2v) is 7.74. The zero-order valence-electron chi connectivity index (χ0n) is 18.9. The summed E-state index contributed by atoms with van der Waals surface area (Å²) in [6.07, 6.45) is 3.91. The SMILES string of the molecule is CCOc1nn(Cc2ccc(OCCn3ncc4ccccc4c3=O)cc2)cc1CCC(=O)O. The zero-order valence-corrected chi connectivity index (χ0v) is 18.9. The van der Waals surface area contributed by atoms with E-state index in [1.807, 2.05) is 55.6 Å². The van der Waals surface area contributed by atoms with Crippen molar-refractivity contribution in [1.29, 1.82) is 0 Å². The van der Waals surface area contributed by atoms with Gasteiger partial charge in [0, 0.05) is 23.6 Å². The van der Waals surface area contributed by atoms with E-state index in [1.54, 1.807) is 16.9 Å². The van der Waals surface area contributed by atoms with Gasteiger partial charge >= 0.3 is 5.97 Å². The van der Waals surface area contributed by atoms with E-state index in [-0.39, 0.29) is 12.0 Å². The molecule has 9 nitrogen and oxygen atoms in total. The molecule has 2 aromatic heterocycles. The van der Waals surface area contributed by atoms with Gasteiger partial charge in [0.2, 0.25) is 5.88 Å². The molecule has 0 saturated carbocycles. The number of ether oxygens (including phenoxy) is 2. The number of rotatable bonds is 11. The highest BCUT2D eigenvalue weighted by molar-refractivity contribution is 5.80. The minimum atomic E-state index is -0.855. The average molecular weight is 463 g/mol. The first-order valence-electron chi connectivity index (χ1n) is 11.1. The van der Waals surface area contributed by atoms with Crippen LogP contribution in [0.5, 0.6) is 11.6 Å². The first-order chi connectivity index (χ1) is 16.5. The van der Waals surface area contributed by atoms with Crippen molar-refractivity contribution in [2.45, 2.75) is 32.9 Å². The third-order valence-corrected chi connectivity index (χ3v) is 5.29. The van der Waals surface area contributed by atoms with Crippen molar-refractivity contribution in [3.8, 4) is 11.6 Å². The third kappa shape index (κ3) is 5.61. The van der Waals surface area contributed by atoms with Gasteiger partial charge in [-0.25, -0.2) is 4.68 Å². The largest absolute Gasteiger partial charge is 0.492 e. The van der Waals surface area contributed by atoms with Crippen LogP contribution in [-0.4, -0.2) is 43.9 Å². The van der Waals surface area contributed by atoms with Gasteiger partial charge in [0.1, 0.15) is 12.4 Å². The Morgan fingerprint density at radius 2 is 1.88 bits per heavy atom. The molecule has 0 amide bonds. The van der Waals surface area contributed by atoms with Gasteiger partial charge in [0.05, 0.1) is 31.3 Å². The molecular weight excluding hydrogens is 436 g/mol. The molecule has 0 fully saturated rings. The van der Waals surface area contributed by atoms with Crippen LogP contribution in [-0.2, 0) is 24.3 Å². The Bertz CT molecular complexity index is 1330. The highest BCUT2D eigenvalue weighted by Gasteiger charge is 2.12. The molecule has 9 heteroatoms. The van der Waals surface area contributed by atoms with Crippen LogP contribution in [0, 0.1) is 0 Å². The van der Waals surface area contributed by atoms with Crippen molar-refractivity contribution < 1.29 is 19.4 Å². The normalized spacial score (nSPS) is 11.0. The number of aromatic nitrogens is 4. The summed E-state index contributed by atoms with van der Waals surface area (Å²) in [5, 5.41) is 19.1. The van der Waals surface area contributed by atoms with E-state index in [0.717, 1.165) is 16.5 Å². The molecule has 0 aliphatic carbocycles. The Morgan fingerprint density at radius 3 is 2.65 bits per heavy atom. The number of nitrogens with zero attached hydrogens (tertiary/aromatic N) is 4. The highest BCUT2D eigenvalue weighted by atomic mass is 16.5. The van der Waals surface area contributed by atoms with Gasteiger partial charge in [0.25, 0.3) is 5.56 Å². The summed E-state index contributed by atoms with van der Waals surface area (Å²) < 4.78 is 14.5. The molecule has 2 aromatic carbocycles.